The molecule has 5 nitrogen and oxygen atoms in total. The first-order valence-electron chi connectivity index (χ1n) is 11.4. The molecule has 4 aliphatic carbocycles. The van der Waals surface area contributed by atoms with Gasteiger partial charge >= 0.3 is 5.63 Å². The fourth-order valence-corrected chi connectivity index (χ4v) is 8.52. The first-order chi connectivity index (χ1) is 13.7. The summed E-state index contributed by atoms with van der Waals surface area (Å²) in [5, 5.41) is 32.9. The molecule has 0 bridgehead atoms. The van der Waals surface area contributed by atoms with Crippen LogP contribution in [-0.2, 0) is 0 Å². The van der Waals surface area contributed by atoms with Gasteiger partial charge in [0, 0.05) is 6.07 Å². The predicted molar refractivity (Wildman–Crippen MR) is 108 cm³/mol. The fraction of sp³-hybridized carbons (Fsp3) is 0.792. The van der Waals surface area contributed by atoms with Gasteiger partial charge in [-0.1, -0.05) is 13.8 Å². The molecule has 0 amide bonds. The molecule has 29 heavy (non-hydrogen) atoms. The topological polar surface area (TPSA) is 90.9 Å². The van der Waals surface area contributed by atoms with Crippen molar-refractivity contribution in [1.29, 1.82) is 0 Å². The summed E-state index contributed by atoms with van der Waals surface area (Å²) in [4.78, 5) is 11.4. The van der Waals surface area contributed by atoms with Gasteiger partial charge < -0.3 is 19.7 Å². The Balaban J connectivity index is 1.51. The molecule has 1 heterocycles. The number of hydrogen-bond acceptors (Lipinski definition) is 5. The third kappa shape index (κ3) is 2.80. The van der Waals surface area contributed by atoms with E-state index in [1.807, 2.05) is 6.07 Å². The van der Waals surface area contributed by atoms with E-state index in [4.69, 9.17) is 4.42 Å². The van der Waals surface area contributed by atoms with Crippen molar-refractivity contribution < 1.29 is 19.7 Å². The zero-order valence-electron chi connectivity index (χ0n) is 17.5. The van der Waals surface area contributed by atoms with E-state index in [0.29, 0.717) is 24.7 Å². The van der Waals surface area contributed by atoms with Gasteiger partial charge in [0.2, 0.25) is 0 Å². The summed E-state index contributed by atoms with van der Waals surface area (Å²) in [6, 6.07) is 3.29. The lowest BCUT2D eigenvalue weighted by Crippen LogP contribution is -2.60. The Labute approximate surface area is 172 Å². The Kier molecular flexibility index (Phi) is 4.54. The van der Waals surface area contributed by atoms with Crippen LogP contribution < -0.4 is 5.63 Å². The number of fused-ring (bicyclic) bond motifs is 5. The van der Waals surface area contributed by atoms with Crippen LogP contribution in [0.15, 0.2) is 27.6 Å². The lowest BCUT2D eigenvalue weighted by Gasteiger charge is -2.62. The quantitative estimate of drug-likeness (QED) is 0.672. The molecule has 5 heteroatoms. The first kappa shape index (κ1) is 19.8. The normalized spacial score (nSPS) is 51.8. The Hall–Kier alpha value is -1.17. The average molecular weight is 403 g/mol. The summed E-state index contributed by atoms with van der Waals surface area (Å²) in [5.41, 5.74) is 0.431. The van der Waals surface area contributed by atoms with Gasteiger partial charge in [-0.15, -0.1) is 0 Å². The van der Waals surface area contributed by atoms with Gasteiger partial charge in [0.25, 0.3) is 0 Å². The molecule has 0 unspecified atom stereocenters. The van der Waals surface area contributed by atoms with Crippen molar-refractivity contribution in [1.82, 2.24) is 0 Å². The van der Waals surface area contributed by atoms with Crippen LogP contribution in [0, 0.1) is 34.5 Å². The maximum absolute atomic E-state index is 11.5. The molecule has 0 aromatic carbocycles. The van der Waals surface area contributed by atoms with Crippen molar-refractivity contribution in [3.63, 3.8) is 0 Å². The van der Waals surface area contributed by atoms with E-state index in [1.165, 1.54) is 6.07 Å². The Morgan fingerprint density at radius 1 is 0.966 bits per heavy atom. The third-order valence-electron chi connectivity index (χ3n) is 9.68. The molecule has 5 rings (SSSR count). The van der Waals surface area contributed by atoms with E-state index in [1.54, 1.807) is 6.26 Å². The standard InChI is InChI=1S/C24H34O5/c1-23-8-7-15(25)9-14(23)4-5-16-21-18(26)10-17(13-3-6-20(28)29-12-13)24(21,2)11-19(27)22(16)23/h3,6,12,14-19,21-22,25-27H,4-5,7-11H2,1-2H3/t14-,15-,16+,17+,18-,19-,21-,22-,23-,24+/m0/s1. The zero-order chi connectivity index (χ0) is 20.6. The van der Waals surface area contributed by atoms with Crippen molar-refractivity contribution in [3.8, 4) is 0 Å². The maximum Gasteiger partial charge on any atom is 0.335 e. The number of rotatable bonds is 1. The van der Waals surface area contributed by atoms with Crippen molar-refractivity contribution in [3.05, 3.63) is 34.4 Å². The molecule has 0 spiro atoms. The van der Waals surface area contributed by atoms with Crippen molar-refractivity contribution >= 4 is 0 Å². The van der Waals surface area contributed by atoms with Crippen LogP contribution in [0.5, 0.6) is 0 Å². The number of aliphatic hydroxyl groups is 3. The molecule has 4 saturated carbocycles. The van der Waals surface area contributed by atoms with Crippen LogP contribution in [0.1, 0.15) is 70.3 Å². The van der Waals surface area contributed by atoms with E-state index in [2.05, 4.69) is 13.8 Å². The second kappa shape index (κ2) is 6.66. The van der Waals surface area contributed by atoms with E-state index < -0.39 is 12.2 Å². The van der Waals surface area contributed by atoms with Crippen LogP contribution in [0.2, 0.25) is 0 Å². The lowest BCUT2D eigenvalue weighted by atomic mass is 9.43. The minimum absolute atomic E-state index is 0.0419. The maximum atomic E-state index is 11.5. The molecule has 10 atom stereocenters. The van der Waals surface area contributed by atoms with Crippen LogP contribution in [0.25, 0.3) is 0 Å². The van der Waals surface area contributed by atoms with Crippen molar-refractivity contribution in [2.45, 2.75) is 83.0 Å². The Morgan fingerprint density at radius 3 is 2.45 bits per heavy atom. The molecule has 0 saturated heterocycles. The van der Waals surface area contributed by atoms with E-state index in [9.17, 15) is 20.1 Å². The highest BCUT2D eigenvalue weighted by molar-refractivity contribution is 5.25. The molecular formula is C24H34O5. The fourth-order valence-electron chi connectivity index (χ4n) is 8.52. The number of aliphatic hydroxyl groups excluding tert-OH is 3. The van der Waals surface area contributed by atoms with Crippen LogP contribution in [0.4, 0.5) is 0 Å². The van der Waals surface area contributed by atoms with Crippen LogP contribution in [0.3, 0.4) is 0 Å². The van der Waals surface area contributed by atoms with Gasteiger partial charge in [0.05, 0.1) is 24.6 Å². The molecule has 3 N–H and O–H groups in total. The molecule has 0 aliphatic heterocycles. The Bertz CT molecular complexity index is 814. The zero-order valence-corrected chi connectivity index (χ0v) is 17.5. The monoisotopic (exact) mass is 402 g/mol. The average Bonchev–Trinajstić information content (AvgIpc) is 2.93. The highest BCUT2D eigenvalue weighted by Crippen LogP contribution is 2.68. The second-order valence-electron chi connectivity index (χ2n) is 10.9. The number of hydrogen-bond donors (Lipinski definition) is 3. The largest absolute Gasteiger partial charge is 0.431 e. The third-order valence-corrected chi connectivity index (χ3v) is 9.68. The summed E-state index contributed by atoms with van der Waals surface area (Å²) in [5.74, 6) is 1.19. The molecular weight excluding hydrogens is 368 g/mol. The molecule has 1 aromatic heterocycles. The lowest BCUT2D eigenvalue weighted by molar-refractivity contribution is -0.184. The van der Waals surface area contributed by atoms with Crippen molar-refractivity contribution in [2.24, 2.45) is 34.5 Å². The summed E-state index contributed by atoms with van der Waals surface area (Å²) >= 11 is 0. The SMILES string of the molecule is C[C@]12CC[C@H](O)C[C@@H]1CC[C@H]1[C@H]2[C@@H](O)C[C@@]2(C)[C@@H]1[C@@H](O)C[C@@H]2c1ccc(=O)oc1. The molecule has 160 valence electrons. The van der Waals surface area contributed by atoms with E-state index >= 15 is 0 Å². The van der Waals surface area contributed by atoms with Crippen LogP contribution in [-0.4, -0.2) is 33.6 Å². The Morgan fingerprint density at radius 2 is 1.72 bits per heavy atom. The van der Waals surface area contributed by atoms with Gasteiger partial charge in [0.15, 0.2) is 0 Å². The molecule has 0 radical (unpaired) electrons. The van der Waals surface area contributed by atoms with Gasteiger partial charge in [-0.3, -0.25) is 0 Å². The van der Waals surface area contributed by atoms with Gasteiger partial charge in [0.1, 0.15) is 0 Å². The van der Waals surface area contributed by atoms with E-state index in [0.717, 1.165) is 37.7 Å². The van der Waals surface area contributed by atoms with E-state index in [-0.39, 0.29) is 40.3 Å². The predicted octanol–water partition coefficient (Wildman–Crippen LogP) is 3.07. The highest BCUT2D eigenvalue weighted by atomic mass is 16.4. The first-order valence-corrected chi connectivity index (χ1v) is 11.4. The summed E-state index contributed by atoms with van der Waals surface area (Å²) in [7, 11) is 0. The van der Waals surface area contributed by atoms with Crippen molar-refractivity contribution in [2.75, 3.05) is 0 Å². The van der Waals surface area contributed by atoms with Gasteiger partial charge in [-0.2, -0.15) is 0 Å². The summed E-state index contributed by atoms with van der Waals surface area (Å²) in [6.45, 7) is 4.55. The van der Waals surface area contributed by atoms with Gasteiger partial charge in [-0.25, -0.2) is 4.79 Å². The minimum atomic E-state index is -0.397. The summed E-state index contributed by atoms with van der Waals surface area (Å²) in [6.07, 6.45) is 6.60. The smallest absolute Gasteiger partial charge is 0.335 e. The van der Waals surface area contributed by atoms with Crippen LogP contribution >= 0.6 is 0 Å². The molecule has 4 fully saturated rings. The molecule has 1 aromatic rings. The minimum Gasteiger partial charge on any atom is -0.431 e. The van der Waals surface area contributed by atoms with Gasteiger partial charge in [-0.05, 0) is 97.0 Å². The second-order valence-corrected chi connectivity index (χ2v) is 10.9. The highest BCUT2D eigenvalue weighted by Gasteiger charge is 2.65. The molecule has 4 aliphatic rings. The summed E-state index contributed by atoms with van der Waals surface area (Å²) < 4.78 is 5.14.